The average Bonchev–Trinajstić information content (AvgIpc) is 3.01. The van der Waals surface area contributed by atoms with E-state index in [1.165, 1.54) is 36.4 Å². The number of nitrogen functional groups attached to an aromatic ring is 1. The monoisotopic (exact) mass is 388 g/mol. The summed E-state index contributed by atoms with van der Waals surface area (Å²) in [6.45, 7) is 0. The van der Waals surface area contributed by atoms with Crippen molar-refractivity contribution in [2.24, 2.45) is 0 Å². The number of nitrogens with two attached hydrogens (primary N) is 1. The second-order valence-electron chi connectivity index (χ2n) is 5.46. The van der Waals surface area contributed by atoms with Crippen molar-refractivity contribution in [3.05, 3.63) is 70.1 Å². The molecule has 0 radical (unpaired) electrons. The number of ketones is 1. The first kappa shape index (κ1) is 18.4. The summed E-state index contributed by atoms with van der Waals surface area (Å²) in [6.07, 6.45) is -4.46. The van der Waals surface area contributed by atoms with E-state index >= 15 is 0 Å². The quantitative estimate of drug-likeness (QED) is 0.638. The summed E-state index contributed by atoms with van der Waals surface area (Å²) < 4.78 is 38.4. The van der Waals surface area contributed by atoms with Gasteiger partial charge in [-0.1, -0.05) is 17.4 Å². The molecule has 136 valence electrons. The van der Waals surface area contributed by atoms with Crippen LogP contribution in [0.25, 0.3) is 0 Å². The van der Waals surface area contributed by atoms with Gasteiger partial charge in [0, 0.05) is 11.3 Å². The summed E-state index contributed by atoms with van der Waals surface area (Å²) in [7, 11) is 0. The Kier molecular flexibility index (Phi) is 4.83. The molecule has 3 aromatic rings. The third-order valence-electron chi connectivity index (χ3n) is 3.58. The molecule has 5 nitrogen and oxygen atoms in total. The third-order valence-corrected chi connectivity index (χ3v) is 4.56. The first-order chi connectivity index (χ1) is 12.8. The van der Waals surface area contributed by atoms with Crippen LogP contribution in [-0.4, -0.2) is 10.8 Å². The SMILES string of the molecule is N#Cc1ccc(C(=O)c2sc(Nc3cccc(C(F)(F)F)c3)nc2N)cc1. The van der Waals surface area contributed by atoms with Gasteiger partial charge < -0.3 is 11.1 Å². The van der Waals surface area contributed by atoms with Gasteiger partial charge in [0.15, 0.2) is 5.13 Å². The zero-order valence-electron chi connectivity index (χ0n) is 13.5. The van der Waals surface area contributed by atoms with Crippen molar-refractivity contribution >= 4 is 33.8 Å². The second kappa shape index (κ2) is 7.09. The van der Waals surface area contributed by atoms with Crippen LogP contribution >= 0.6 is 11.3 Å². The highest BCUT2D eigenvalue weighted by Gasteiger charge is 2.30. The number of rotatable bonds is 4. The van der Waals surface area contributed by atoms with E-state index in [0.717, 1.165) is 23.5 Å². The van der Waals surface area contributed by atoms with Crippen LogP contribution in [0.4, 0.5) is 29.8 Å². The number of halogens is 3. The van der Waals surface area contributed by atoms with Crippen molar-refractivity contribution in [2.75, 3.05) is 11.1 Å². The van der Waals surface area contributed by atoms with Gasteiger partial charge in [-0.05, 0) is 42.5 Å². The van der Waals surface area contributed by atoms with Crippen LogP contribution in [-0.2, 0) is 6.18 Å². The van der Waals surface area contributed by atoms with E-state index in [0.29, 0.717) is 11.1 Å². The molecule has 0 amide bonds. The van der Waals surface area contributed by atoms with Crippen molar-refractivity contribution < 1.29 is 18.0 Å². The Labute approximate surface area is 155 Å². The van der Waals surface area contributed by atoms with Crippen LogP contribution < -0.4 is 11.1 Å². The van der Waals surface area contributed by atoms with Crippen molar-refractivity contribution in [1.82, 2.24) is 4.98 Å². The van der Waals surface area contributed by atoms with Crippen LogP contribution in [0.15, 0.2) is 48.5 Å². The highest BCUT2D eigenvalue weighted by atomic mass is 32.1. The first-order valence-electron chi connectivity index (χ1n) is 7.53. The molecule has 0 fully saturated rings. The van der Waals surface area contributed by atoms with Crippen LogP contribution in [0.5, 0.6) is 0 Å². The number of nitrogens with one attached hydrogen (secondary N) is 1. The fraction of sp³-hybridized carbons (Fsp3) is 0.0556. The van der Waals surface area contributed by atoms with E-state index in [2.05, 4.69) is 10.3 Å². The number of benzene rings is 2. The van der Waals surface area contributed by atoms with Gasteiger partial charge in [0.2, 0.25) is 5.78 Å². The normalized spacial score (nSPS) is 11.0. The molecule has 0 bridgehead atoms. The van der Waals surface area contributed by atoms with Crippen LogP contribution in [0.3, 0.4) is 0 Å². The molecule has 3 rings (SSSR count). The van der Waals surface area contributed by atoms with Crippen LogP contribution in [0.2, 0.25) is 0 Å². The molecule has 0 spiro atoms. The Hall–Kier alpha value is -3.38. The number of carbonyl (C=O) groups is 1. The fourth-order valence-electron chi connectivity index (χ4n) is 2.27. The zero-order chi connectivity index (χ0) is 19.6. The zero-order valence-corrected chi connectivity index (χ0v) is 14.4. The van der Waals surface area contributed by atoms with E-state index in [1.807, 2.05) is 6.07 Å². The number of carbonyl (C=O) groups excluding carboxylic acids is 1. The Morgan fingerprint density at radius 1 is 1.19 bits per heavy atom. The van der Waals surface area contributed by atoms with Crippen LogP contribution in [0, 0.1) is 11.3 Å². The van der Waals surface area contributed by atoms with Gasteiger partial charge in [-0.15, -0.1) is 0 Å². The van der Waals surface area contributed by atoms with E-state index in [-0.39, 0.29) is 27.3 Å². The van der Waals surface area contributed by atoms with Gasteiger partial charge in [0.25, 0.3) is 0 Å². The number of nitrogens with zero attached hydrogens (tertiary/aromatic N) is 2. The lowest BCUT2D eigenvalue weighted by Gasteiger charge is -2.08. The van der Waals surface area contributed by atoms with E-state index in [1.54, 1.807) is 0 Å². The molecular weight excluding hydrogens is 377 g/mol. The van der Waals surface area contributed by atoms with E-state index in [9.17, 15) is 18.0 Å². The number of hydrogen-bond acceptors (Lipinski definition) is 6. The topological polar surface area (TPSA) is 91.8 Å². The standard InChI is InChI=1S/C18H11F3N4OS/c19-18(20,21)12-2-1-3-13(8-12)24-17-25-16(23)15(27-17)14(26)11-6-4-10(9-22)5-7-11/h1-8H,23H2,(H,24,25). The highest BCUT2D eigenvalue weighted by molar-refractivity contribution is 7.18. The molecule has 9 heteroatoms. The Morgan fingerprint density at radius 2 is 1.89 bits per heavy atom. The number of nitriles is 1. The summed E-state index contributed by atoms with van der Waals surface area (Å²) in [5.74, 6) is -0.407. The second-order valence-corrected chi connectivity index (χ2v) is 6.45. The largest absolute Gasteiger partial charge is 0.416 e. The maximum absolute atomic E-state index is 12.8. The number of hydrogen-bond donors (Lipinski definition) is 2. The molecule has 2 aromatic carbocycles. The fourth-order valence-corrected chi connectivity index (χ4v) is 3.14. The molecule has 1 heterocycles. The number of thiazole rings is 1. The number of alkyl halides is 3. The highest BCUT2D eigenvalue weighted by Crippen LogP contribution is 2.33. The smallest absolute Gasteiger partial charge is 0.382 e. The van der Waals surface area contributed by atoms with Crippen molar-refractivity contribution in [3.8, 4) is 6.07 Å². The lowest BCUT2D eigenvalue weighted by molar-refractivity contribution is -0.137. The Balaban J connectivity index is 1.84. The molecule has 0 unspecified atom stereocenters. The molecular formula is C18H11F3N4OS. The molecule has 0 aliphatic carbocycles. The van der Waals surface area contributed by atoms with Gasteiger partial charge in [-0.25, -0.2) is 4.98 Å². The average molecular weight is 388 g/mol. The molecule has 27 heavy (non-hydrogen) atoms. The molecule has 0 atom stereocenters. The minimum Gasteiger partial charge on any atom is -0.382 e. The molecule has 0 saturated carbocycles. The molecule has 3 N–H and O–H groups in total. The molecule has 0 aliphatic heterocycles. The van der Waals surface area contributed by atoms with Crippen molar-refractivity contribution in [3.63, 3.8) is 0 Å². The first-order valence-corrected chi connectivity index (χ1v) is 8.35. The summed E-state index contributed by atoms with van der Waals surface area (Å²) >= 11 is 0.938. The van der Waals surface area contributed by atoms with E-state index in [4.69, 9.17) is 11.0 Å². The van der Waals surface area contributed by atoms with Gasteiger partial charge >= 0.3 is 6.18 Å². The van der Waals surface area contributed by atoms with Gasteiger partial charge in [-0.3, -0.25) is 4.79 Å². The van der Waals surface area contributed by atoms with Crippen molar-refractivity contribution in [2.45, 2.75) is 6.18 Å². The van der Waals surface area contributed by atoms with Crippen LogP contribution in [0.1, 0.15) is 26.4 Å². The number of anilines is 3. The predicted molar refractivity (Wildman–Crippen MR) is 95.8 cm³/mol. The maximum atomic E-state index is 12.8. The minimum absolute atomic E-state index is 0.0242. The molecule has 0 saturated heterocycles. The minimum atomic E-state index is -4.46. The summed E-state index contributed by atoms with van der Waals surface area (Å²) in [5, 5.41) is 11.7. The van der Waals surface area contributed by atoms with Gasteiger partial charge in [-0.2, -0.15) is 18.4 Å². The van der Waals surface area contributed by atoms with E-state index < -0.39 is 11.7 Å². The lowest BCUT2D eigenvalue weighted by Crippen LogP contribution is -2.05. The predicted octanol–water partition coefficient (Wildman–Crippen LogP) is 4.59. The maximum Gasteiger partial charge on any atom is 0.416 e. The van der Waals surface area contributed by atoms with Gasteiger partial charge in [0.05, 0.1) is 17.2 Å². The van der Waals surface area contributed by atoms with Crippen molar-refractivity contribution in [1.29, 1.82) is 5.26 Å². The summed E-state index contributed by atoms with van der Waals surface area (Å²) in [4.78, 5) is 16.7. The summed E-state index contributed by atoms with van der Waals surface area (Å²) in [6, 6.07) is 12.6. The lowest BCUT2D eigenvalue weighted by atomic mass is 10.1. The summed E-state index contributed by atoms with van der Waals surface area (Å²) in [5.41, 5.74) is 5.91. The molecule has 0 aliphatic rings. The third kappa shape index (κ3) is 4.07. The molecule has 1 aromatic heterocycles. The Morgan fingerprint density at radius 3 is 2.52 bits per heavy atom. The van der Waals surface area contributed by atoms with Gasteiger partial charge in [0.1, 0.15) is 10.7 Å². The Bertz CT molecular complexity index is 1040. The number of aromatic nitrogens is 1.